The number of nitrogens with one attached hydrogen (secondary N) is 1. The largest absolute Gasteiger partial charge is 0.316 e. The van der Waals surface area contributed by atoms with Gasteiger partial charge in [-0.3, -0.25) is 0 Å². The summed E-state index contributed by atoms with van der Waals surface area (Å²) in [6.07, 6.45) is 1.22. The van der Waals surface area contributed by atoms with Crippen molar-refractivity contribution in [1.29, 1.82) is 0 Å². The summed E-state index contributed by atoms with van der Waals surface area (Å²) in [4.78, 5) is 4.65. The predicted octanol–water partition coefficient (Wildman–Crippen LogP) is 2.78. The molecule has 1 rings (SSSR count). The highest BCUT2D eigenvalue weighted by Gasteiger charge is 2.05. The molecule has 120 valence electrons. The van der Waals surface area contributed by atoms with Crippen molar-refractivity contribution >= 4 is 0 Å². The highest BCUT2D eigenvalue weighted by atomic mass is 15.1. The van der Waals surface area contributed by atoms with Crippen LogP contribution in [-0.2, 0) is 6.54 Å². The van der Waals surface area contributed by atoms with Crippen LogP contribution in [0.5, 0.6) is 0 Å². The third kappa shape index (κ3) is 7.60. The fraction of sp³-hybridized carbons (Fsp3) is 0.667. The fourth-order valence-electron chi connectivity index (χ4n) is 2.48. The lowest BCUT2D eigenvalue weighted by Crippen LogP contribution is -2.23. The van der Waals surface area contributed by atoms with Crippen LogP contribution in [-0.4, -0.2) is 57.1 Å². The van der Waals surface area contributed by atoms with Gasteiger partial charge in [0.25, 0.3) is 0 Å². The summed E-state index contributed by atoms with van der Waals surface area (Å²) in [7, 11) is 6.47. The number of hydrogen-bond donors (Lipinski definition) is 1. The molecule has 0 amide bonds. The molecule has 1 aromatic carbocycles. The number of rotatable bonds is 10. The van der Waals surface area contributed by atoms with Gasteiger partial charge in [0.15, 0.2) is 0 Å². The molecule has 0 aliphatic rings. The first-order valence-electron chi connectivity index (χ1n) is 8.15. The van der Waals surface area contributed by atoms with Crippen LogP contribution in [0.3, 0.4) is 0 Å². The van der Waals surface area contributed by atoms with E-state index in [0.717, 1.165) is 32.7 Å². The van der Waals surface area contributed by atoms with E-state index in [1.807, 2.05) is 0 Å². The Kier molecular flexibility index (Phi) is 8.58. The third-order valence-corrected chi connectivity index (χ3v) is 3.85. The first kappa shape index (κ1) is 18.1. The summed E-state index contributed by atoms with van der Waals surface area (Å²) in [5, 5.41) is 3.41. The SMILES string of the molecule is CCNCC(C)c1ccc(CN(C)CCCN(C)C)cc1. The predicted molar refractivity (Wildman–Crippen MR) is 92.9 cm³/mol. The Hall–Kier alpha value is -0.900. The molecule has 0 fully saturated rings. The lowest BCUT2D eigenvalue weighted by Gasteiger charge is -2.19. The molecule has 0 saturated carbocycles. The minimum Gasteiger partial charge on any atom is -0.316 e. The zero-order chi connectivity index (χ0) is 15.7. The maximum absolute atomic E-state index is 3.41. The Morgan fingerprint density at radius 2 is 1.71 bits per heavy atom. The summed E-state index contributed by atoms with van der Waals surface area (Å²) in [5.41, 5.74) is 2.83. The van der Waals surface area contributed by atoms with Crippen molar-refractivity contribution in [2.24, 2.45) is 0 Å². The fourth-order valence-corrected chi connectivity index (χ4v) is 2.48. The molecular weight excluding hydrogens is 258 g/mol. The molecule has 0 radical (unpaired) electrons. The Balaban J connectivity index is 2.39. The van der Waals surface area contributed by atoms with Crippen LogP contribution in [0.25, 0.3) is 0 Å². The van der Waals surface area contributed by atoms with Gasteiger partial charge in [-0.2, -0.15) is 0 Å². The number of nitrogens with zero attached hydrogens (tertiary/aromatic N) is 2. The summed E-state index contributed by atoms with van der Waals surface area (Å²) < 4.78 is 0. The highest BCUT2D eigenvalue weighted by molar-refractivity contribution is 5.25. The van der Waals surface area contributed by atoms with E-state index >= 15 is 0 Å². The number of likely N-dealkylation sites (N-methyl/N-ethyl adjacent to an activating group) is 1. The molecule has 1 aromatic rings. The first-order chi connectivity index (χ1) is 10.0. The van der Waals surface area contributed by atoms with Crippen molar-refractivity contribution in [2.45, 2.75) is 32.7 Å². The first-order valence-corrected chi connectivity index (χ1v) is 8.15. The zero-order valence-corrected chi connectivity index (χ0v) is 14.5. The average Bonchev–Trinajstić information content (AvgIpc) is 2.45. The van der Waals surface area contributed by atoms with Crippen molar-refractivity contribution < 1.29 is 0 Å². The summed E-state index contributed by atoms with van der Waals surface area (Å²) >= 11 is 0. The Labute approximate surface area is 131 Å². The van der Waals surface area contributed by atoms with Crippen molar-refractivity contribution in [2.75, 3.05) is 47.3 Å². The Morgan fingerprint density at radius 3 is 2.29 bits per heavy atom. The van der Waals surface area contributed by atoms with Crippen molar-refractivity contribution in [3.63, 3.8) is 0 Å². The standard InChI is InChI=1S/C18H33N3/c1-6-19-14-16(2)18-10-8-17(9-11-18)15-21(5)13-7-12-20(3)4/h8-11,16,19H,6-7,12-15H2,1-5H3. The average molecular weight is 291 g/mol. The minimum atomic E-state index is 0.580. The Morgan fingerprint density at radius 1 is 1.05 bits per heavy atom. The van der Waals surface area contributed by atoms with Crippen LogP contribution in [0.1, 0.15) is 37.3 Å². The van der Waals surface area contributed by atoms with E-state index in [4.69, 9.17) is 0 Å². The van der Waals surface area contributed by atoms with E-state index in [1.165, 1.54) is 17.5 Å². The van der Waals surface area contributed by atoms with E-state index in [0.29, 0.717) is 5.92 Å². The van der Waals surface area contributed by atoms with Gasteiger partial charge in [0, 0.05) is 13.1 Å². The van der Waals surface area contributed by atoms with Crippen molar-refractivity contribution in [3.05, 3.63) is 35.4 Å². The second-order valence-corrected chi connectivity index (χ2v) is 6.34. The van der Waals surface area contributed by atoms with Crippen LogP contribution in [0.15, 0.2) is 24.3 Å². The maximum Gasteiger partial charge on any atom is 0.0230 e. The van der Waals surface area contributed by atoms with Crippen LogP contribution in [0, 0.1) is 0 Å². The molecule has 1 N–H and O–H groups in total. The van der Waals surface area contributed by atoms with Gasteiger partial charge in [-0.15, -0.1) is 0 Å². The molecular formula is C18H33N3. The highest BCUT2D eigenvalue weighted by Crippen LogP contribution is 2.15. The molecule has 0 heterocycles. The topological polar surface area (TPSA) is 18.5 Å². The molecule has 1 unspecified atom stereocenters. The van der Waals surface area contributed by atoms with E-state index in [-0.39, 0.29) is 0 Å². The molecule has 0 bridgehead atoms. The summed E-state index contributed by atoms with van der Waals surface area (Å²) in [6, 6.07) is 9.12. The van der Waals surface area contributed by atoms with Gasteiger partial charge < -0.3 is 15.1 Å². The van der Waals surface area contributed by atoms with E-state index in [2.05, 4.69) is 74.4 Å². The monoisotopic (exact) mass is 291 g/mol. The lowest BCUT2D eigenvalue weighted by molar-refractivity contribution is 0.294. The van der Waals surface area contributed by atoms with E-state index < -0.39 is 0 Å². The summed E-state index contributed by atoms with van der Waals surface area (Å²) in [6.45, 7) is 9.88. The molecule has 1 atom stereocenters. The van der Waals surface area contributed by atoms with E-state index in [1.54, 1.807) is 0 Å². The van der Waals surface area contributed by atoms with Gasteiger partial charge in [0.2, 0.25) is 0 Å². The second-order valence-electron chi connectivity index (χ2n) is 6.34. The minimum absolute atomic E-state index is 0.580. The van der Waals surface area contributed by atoms with Gasteiger partial charge in [0.1, 0.15) is 0 Å². The zero-order valence-electron chi connectivity index (χ0n) is 14.5. The van der Waals surface area contributed by atoms with Gasteiger partial charge in [0.05, 0.1) is 0 Å². The van der Waals surface area contributed by atoms with Gasteiger partial charge in [-0.05, 0) is 64.2 Å². The van der Waals surface area contributed by atoms with Crippen LogP contribution in [0.4, 0.5) is 0 Å². The summed E-state index contributed by atoms with van der Waals surface area (Å²) in [5.74, 6) is 0.580. The Bertz CT molecular complexity index is 373. The molecule has 0 saturated heterocycles. The van der Waals surface area contributed by atoms with E-state index in [9.17, 15) is 0 Å². The second kappa shape index (κ2) is 9.93. The molecule has 3 nitrogen and oxygen atoms in total. The normalized spacial score (nSPS) is 13.1. The van der Waals surface area contributed by atoms with Crippen LogP contribution < -0.4 is 5.32 Å². The van der Waals surface area contributed by atoms with Gasteiger partial charge in [-0.1, -0.05) is 38.1 Å². The smallest absolute Gasteiger partial charge is 0.0230 e. The molecule has 3 heteroatoms. The lowest BCUT2D eigenvalue weighted by atomic mass is 9.99. The quantitative estimate of drug-likeness (QED) is 0.715. The molecule has 21 heavy (non-hydrogen) atoms. The maximum atomic E-state index is 3.41. The molecule has 0 spiro atoms. The third-order valence-electron chi connectivity index (χ3n) is 3.85. The molecule has 0 aliphatic carbocycles. The van der Waals surface area contributed by atoms with Crippen molar-refractivity contribution in [3.8, 4) is 0 Å². The number of benzene rings is 1. The van der Waals surface area contributed by atoms with Crippen molar-refractivity contribution in [1.82, 2.24) is 15.1 Å². The van der Waals surface area contributed by atoms with Crippen LogP contribution in [0.2, 0.25) is 0 Å². The number of hydrogen-bond acceptors (Lipinski definition) is 3. The molecule has 0 aromatic heterocycles. The van der Waals surface area contributed by atoms with Gasteiger partial charge >= 0.3 is 0 Å². The van der Waals surface area contributed by atoms with Crippen LogP contribution >= 0.6 is 0 Å². The van der Waals surface area contributed by atoms with Gasteiger partial charge in [-0.25, -0.2) is 0 Å². The molecule has 0 aliphatic heterocycles.